The van der Waals surface area contributed by atoms with Crippen molar-refractivity contribution in [2.75, 3.05) is 0 Å². The molecule has 0 aliphatic heterocycles. The highest BCUT2D eigenvalue weighted by atomic mass is 16.1. The average Bonchev–Trinajstić information content (AvgIpc) is 3.69. The van der Waals surface area contributed by atoms with Crippen molar-refractivity contribution in [1.82, 2.24) is 39.3 Å². The van der Waals surface area contributed by atoms with Crippen LogP contribution in [0.3, 0.4) is 0 Å². The summed E-state index contributed by atoms with van der Waals surface area (Å²) >= 11 is 0. The molecular formula is C28H32N8O. The summed E-state index contributed by atoms with van der Waals surface area (Å²) < 4.78 is 5.81. The van der Waals surface area contributed by atoms with Crippen molar-refractivity contribution in [1.29, 1.82) is 0 Å². The molecule has 0 atom stereocenters. The van der Waals surface area contributed by atoms with E-state index in [1.807, 2.05) is 71.7 Å². The molecule has 4 heterocycles. The number of imidazole rings is 1. The van der Waals surface area contributed by atoms with Crippen LogP contribution in [0.25, 0.3) is 28.3 Å². The Morgan fingerprint density at radius 2 is 1.78 bits per heavy atom. The van der Waals surface area contributed by atoms with Gasteiger partial charge in [-0.3, -0.25) is 14.1 Å². The quantitative estimate of drug-likeness (QED) is 0.281. The Labute approximate surface area is 215 Å². The molecule has 37 heavy (non-hydrogen) atoms. The van der Waals surface area contributed by atoms with Crippen molar-refractivity contribution in [2.45, 2.75) is 59.0 Å². The molecule has 190 valence electrons. The van der Waals surface area contributed by atoms with Crippen molar-refractivity contribution in [3.63, 3.8) is 0 Å². The molecular weight excluding hydrogens is 464 g/mol. The number of hydrogen-bond acceptors (Lipinski definition) is 5. The van der Waals surface area contributed by atoms with Crippen molar-refractivity contribution >= 4 is 0 Å². The summed E-state index contributed by atoms with van der Waals surface area (Å²) in [7, 11) is 0. The number of hydrogen-bond donors (Lipinski definition) is 1. The van der Waals surface area contributed by atoms with Gasteiger partial charge in [0.2, 0.25) is 5.82 Å². The molecule has 5 rings (SSSR count). The van der Waals surface area contributed by atoms with Gasteiger partial charge in [-0.05, 0) is 48.2 Å². The number of aromatic nitrogens is 8. The van der Waals surface area contributed by atoms with E-state index in [2.05, 4.69) is 39.0 Å². The number of benzene rings is 1. The monoisotopic (exact) mass is 496 g/mol. The van der Waals surface area contributed by atoms with Crippen LogP contribution in [0.1, 0.15) is 50.9 Å². The predicted molar refractivity (Wildman–Crippen MR) is 143 cm³/mol. The van der Waals surface area contributed by atoms with E-state index in [0.717, 1.165) is 72.5 Å². The van der Waals surface area contributed by atoms with Gasteiger partial charge in [0.1, 0.15) is 5.82 Å². The lowest BCUT2D eigenvalue weighted by Crippen LogP contribution is -2.26. The molecule has 0 fully saturated rings. The maximum absolute atomic E-state index is 13.6. The Kier molecular flexibility index (Phi) is 7.39. The fourth-order valence-electron chi connectivity index (χ4n) is 4.60. The largest absolute Gasteiger partial charge is 0.334 e. The van der Waals surface area contributed by atoms with Crippen LogP contribution in [0.15, 0.2) is 71.9 Å². The molecule has 4 aromatic heterocycles. The number of nitrogens with one attached hydrogen (secondary N) is 1. The van der Waals surface area contributed by atoms with Crippen molar-refractivity contribution in [3.05, 3.63) is 89.0 Å². The van der Waals surface area contributed by atoms with Gasteiger partial charge in [0.15, 0.2) is 0 Å². The van der Waals surface area contributed by atoms with Crippen molar-refractivity contribution < 1.29 is 0 Å². The lowest BCUT2D eigenvalue weighted by atomic mass is 10.0. The van der Waals surface area contributed by atoms with Gasteiger partial charge in [0.05, 0.1) is 12.2 Å². The zero-order chi connectivity index (χ0) is 25.6. The number of tetrazole rings is 1. The van der Waals surface area contributed by atoms with Crippen LogP contribution in [0.4, 0.5) is 0 Å². The van der Waals surface area contributed by atoms with Gasteiger partial charge in [-0.15, -0.1) is 10.2 Å². The molecule has 9 heteroatoms. The molecule has 0 unspecified atom stereocenters. The van der Waals surface area contributed by atoms with Crippen molar-refractivity contribution in [2.24, 2.45) is 0 Å². The summed E-state index contributed by atoms with van der Waals surface area (Å²) in [6.07, 6.45) is 11.0. The van der Waals surface area contributed by atoms with E-state index >= 15 is 0 Å². The predicted octanol–water partition coefficient (Wildman–Crippen LogP) is 4.87. The minimum Gasteiger partial charge on any atom is -0.334 e. The second-order valence-electron chi connectivity index (χ2n) is 9.20. The van der Waals surface area contributed by atoms with E-state index in [1.54, 1.807) is 4.57 Å². The summed E-state index contributed by atoms with van der Waals surface area (Å²) in [4.78, 5) is 18.3. The smallest absolute Gasteiger partial charge is 0.334 e. The molecule has 0 saturated heterocycles. The van der Waals surface area contributed by atoms with Gasteiger partial charge >= 0.3 is 5.69 Å². The van der Waals surface area contributed by atoms with Crippen LogP contribution in [0.2, 0.25) is 0 Å². The normalized spacial score (nSPS) is 11.3. The number of H-pyrrole nitrogens is 1. The Morgan fingerprint density at radius 1 is 0.946 bits per heavy atom. The molecule has 1 N–H and O–H groups in total. The average molecular weight is 497 g/mol. The van der Waals surface area contributed by atoms with Crippen LogP contribution in [0.5, 0.6) is 0 Å². The molecule has 5 aromatic rings. The zero-order valence-corrected chi connectivity index (χ0v) is 21.3. The molecule has 0 aliphatic rings. The standard InChI is InChI=1S/C28H32N8O/c1-3-5-10-23-20-36(26-13-9-17-34(26)16-6-4-2)28(37)35(23)19-22-15-14-21(18-29-22)24-11-7-8-12-25(24)27-30-32-33-31-27/h7-9,11-15,17-18,20H,3-6,10,16,19H2,1-2H3,(H,30,31,32,33). The maximum Gasteiger partial charge on any atom is 0.334 e. The topological polar surface area (TPSA) is 99.2 Å². The highest BCUT2D eigenvalue weighted by Gasteiger charge is 2.16. The second-order valence-corrected chi connectivity index (χ2v) is 9.20. The number of aryl methyl sites for hydroxylation is 2. The first-order chi connectivity index (χ1) is 18.2. The molecule has 1 aromatic carbocycles. The van der Waals surface area contributed by atoms with Gasteiger partial charge < -0.3 is 4.57 Å². The van der Waals surface area contributed by atoms with E-state index in [-0.39, 0.29) is 5.69 Å². The van der Waals surface area contributed by atoms with Crippen LogP contribution < -0.4 is 5.69 Å². The highest BCUT2D eigenvalue weighted by molar-refractivity contribution is 5.79. The summed E-state index contributed by atoms with van der Waals surface area (Å²) in [5.74, 6) is 1.45. The van der Waals surface area contributed by atoms with E-state index < -0.39 is 0 Å². The fraction of sp³-hybridized carbons (Fsp3) is 0.321. The molecule has 0 saturated carbocycles. The summed E-state index contributed by atoms with van der Waals surface area (Å²) in [5.41, 5.74) is 4.64. The fourth-order valence-corrected chi connectivity index (χ4v) is 4.60. The van der Waals surface area contributed by atoms with Crippen LogP contribution >= 0.6 is 0 Å². The zero-order valence-electron chi connectivity index (χ0n) is 21.3. The Balaban J connectivity index is 1.45. The summed E-state index contributed by atoms with van der Waals surface area (Å²) in [5, 5.41) is 14.4. The Hall–Kier alpha value is -4.27. The first-order valence-electron chi connectivity index (χ1n) is 12.9. The van der Waals surface area contributed by atoms with E-state index in [1.165, 1.54) is 0 Å². The Morgan fingerprint density at radius 3 is 2.51 bits per heavy atom. The molecule has 9 nitrogen and oxygen atoms in total. The molecule has 0 radical (unpaired) electrons. The van der Waals surface area contributed by atoms with Crippen LogP contribution in [-0.2, 0) is 19.5 Å². The molecule has 0 spiro atoms. The summed E-state index contributed by atoms with van der Waals surface area (Å²) in [6, 6.07) is 15.9. The second kappa shape index (κ2) is 11.2. The number of aromatic amines is 1. The van der Waals surface area contributed by atoms with Gasteiger partial charge in [0.25, 0.3) is 0 Å². The number of unbranched alkanes of at least 4 members (excludes halogenated alkanes) is 2. The van der Waals surface area contributed by atoms with Crippen LogP contribution in [-0.4, -0.2) is 39.3 Å². The number of pyridine rings is 1. The van der Waals surface area contributed by atoms with Gasteiger partial charge in [-0.1, -0.05) is 57.0 Å². The summed E-state index contributed by atoms with van der Waals surface area (Å²) in [6.45, 7) is 5.67. The number of nitrogens with zero attached hydrogens (tertiary/aromatic N) is 7. The highest BCUT2D eigenvalue weighted by Crippen LogP contribution is 2.29. The number of rotatable bonds is 11. The van der Waals surface area contributed by atoms with Crippen molar-refractivity contribution in [3.8, 4) is 28.3 Å². The van der Waals surface area contributed by atoms with Gasteiger partial charge in [-0.25, -0.2) is 4.79 Å². The minimum atomic E-state index is -0.0316. The first kappa shape index (κ1) is 24.4. The van der Waals surface area contributed by atoms with E-state index in [9.17, 15) is 4.79 Å². The van der Waals surface area contributed by atoms with E-state index in [0.29, 0.717) is 12.4 Å². The molecule has 0 bridgehead atoms. The van der Waals surface area contributed by atoms with Gasteiger partial charge in [0, 0.05) is 42.0 Å². The van der Waals surface area contributed by atoms with Crippen LogP contribution in [0, 0.1) is 0 Å². The lowest BCUT2D eigenvalue weighted by Gasteiger charge is -2.09. The minimum absolute atomic E-state index is 0.0316. The first-order valence-corrected chi connectivity index (χ1v) is 12.9. The third-order valence-corrected chi connectivity index (χ3v) is 6.62. The third-order valence-electron chi connectivity index (χ3n) is 6.62. The molecule has 0 amide bonds. The van der Waals surface area contributed by atoms with E-state index in [4.69, 9.17) is 4.98 Å². The Bertz CT molecular complexity index is 1490. The lowest BCUT2D eigenvalue weighted by molar-refractivity contribution is 0.613. The SMILES string of the molecule is CCCCc1cn(-c2cccn2CCCC)c(=O)n1Cc1ccc(-c2ccccc2-c2nn[nH]n2)cn1. The van der Waals surface area contributed by atoms with Gasteiger partial charge in [-0.2, -0.15) is 5.21 Å². The molecule has 0 aliphatic carbocycles. The third kappa shape index (κ3) is 5.16. The maximum atomic E-state index is 13.6.